The number of nitrogens with one attached hydrogen (secondary N) is 1. The van der Waals surface area contributed by atoms with Crippen LogP contribution in [0, 0.1) is 5.41 Å². The summed E-state index contributed by atoms with van der Waals surface area (Å²) in [6, 6.07) is 7.74. The van der Waals surface area contributed by atoms with Crippen LogP contribution < -0.4 is 11.1 Å². The molecule has 2 rings (SSSR count). The van der Waals surface area contributed by atoms with Gasteiger partial charge in [0.1, 0.15) is 0 Å². The molecule has 0 saturated heterocycles. The SMILES string of the molecule is CCC1(CNCc2ccccc2/C(N)=N/O)CC1. The molecule has 0 unspecified atom stereocenters. The molecule has 98 valence electrons. The van der Waals surface area contributed by atoms with E-state index < -0.39 is 0 Å². The molecule has 4 nitrogen and oxygen atoms in total. The van der Waals surface area contributed by atoms with Gasteiger partial charge >= 0.3 is 0 Å². The Hall–Kier alpha value is -1.55. The number of oxime groups is 1. The van der Waals surface area contributed by atoms with Gasteiger partial charge in [0.05, 0.1) is 0 Å². The standard InChI is InChI=1S/C14H21N3O/c1-2-14(7-8-14)10-16-9-11-5-3-4-6-12(11)13(15)17-18/h3-6,16,18H,2,7-10H2,1H3,(H2,15,17). The summed E-state index contributed by atoms with van der Waals surface area (Å²) in [5.41, 5.74) is 8.07. The van der Waals surface area contributed by atoms with E-state index in [9.17, 15) is 0 Å². The normalized spacial score (nSPS) is 17.7. The molecule has 4 heteroatoms. The van der Waals surface area contributed by atoms with E-state index in [1.807, 2.05) is 24.3 Å². The van der Waals surface area contributed by atoms with E-state index in [1.54, 1.807) is 0 Å². The highest BCUT2D eigenvalue weighted by atomic mass is 16.4. The topological polar surface area (TPSA) is 70.6 Å². The van der Waals surface area contributed by atoms with Gasteiger partial charge in [0.2, 0.25) is 0 Å². The Morgan fingerprint density at radius 1 is 1.44 bits per heavy atom. The van der Waals surface area contributed by atoms with Crippen LogP contribution in [0.5, 0.6) is 0 Å². The molecule has 0 aromatic heterocycles. The fourth-order valence-electron chi connectivity index (χ4n) is 2.27. The van der Waals surface area contributed by atoms with Gasteiger partial charge in [-0.05, 0) is 30.2 Å². The van der Waals surface area contributed by atoms with Crippen LogP contribution in [0.1, 0.15) is 37.3 Å². The van der Waals surface area contributed by atoms with Crippen LogP contribution in [0.15, 0.2) is 29.4 Å². The van der Waals surface area contributed by atoms with Gasteiger partial charge in [0, 0.05) is 18.7 Å². The van der Waals surface area contributed by atoms with Gasteiger partial charge in [-0.25, -0.2) is 0 Å². The van der Waals surface area contributed by atoms with E-state index in [1.165, 1.54) is 19.3 Å². The van der Waals surface area contributed by atoms with Crippen molar-refractivity contribution in [3.63, 3.8) is 0 Å². The molecular formula is C14H21N3O. The zero-order valence-electron chi connectivity index (χ0n) is 10.8. The third-order valence-electron chi connectivity index (χ3n) is 3.92. The van der Waals surface area contributed by atoms with Gasteiger partial charge in [-0.2, -0.15) is 0 Å². The van der Waals surface area contributed by atoms with E-state index in [2.05, 4.69) is 17.4 Å². The molecule has 4 N–H and O–H groups in total. The maximum absolute atomic E-state index is 8.76. The van der Waals surface area contributed by atoms with E-state index in [0.29, 0.717) is 5.41 Å². The molecule has 1 aliphatic rings. The number of hydrogen-bond acceptors (Lipinski definition) is 3. The zero-order valence-corrected chi connectivity index (χ0v) is 10.8. The first-order chi connectivity index (χ1) is 8.71. The lowest BCUT2D eigenvalue weighted by molar-refractivity contribution is 0.318. The summed E-state index contributed by atoms with van der Waals surface area (Å²) in [6.45, 7) is 4.06. The second-order valence-electron chi connectivity index (χ2n) is 5.10. The van der Waals surface area contributed by atoms with Crippen LogP contribution in [0.25, 0.3) is 0 Å². The van der Waals surface area contributed by atoms with E-state index in [0.717, 1.165) is 24.2 Å². The quantitative estimate of drug-likeness (QED) is 0.312. The molecule has 0 heterocycles. The molecule has 1 aliphatic carbocycles. The average molecular weight is 247 g/mol. The van der Waals surface area contributed by atoms with E-state index >= 15 is 0 Å². The van der Waals surface area contributed by atoms with Gasteiger partial charge < -0.3 is 16.3 Å². The summed E-state index contributed by atoms with van der Waals surface area (Å²) < 4.78 is 0. The first kappa shape index (κ1) is 12.9. The number of amidine groups is 1. The molecule has 1 saturated carbocycles. The van der Waals surface area contributed by atoms with Gasteiger partial charge in [0.15, 0.2) is 5.84 Å². The third kappa shape index (κ3) is 2.82. The Morgan fingerprint density at radius 2 is 2.17 bits per heavy atom. The van der Waals surface area contributed by atoms with Crippen molar-refractivity contribution >= 4 is 5.84 Å². The van der Waals surface area contributed by atoms with Crippen molar-refractivity contribution in [3.05, 3.63) is 35.4 Å². The second kappa shape index (κ2) is 5.40. The van der Waals surface area contributed by atoms with Crippen LogP contribution in [-0.2, 0) is 6.54 Å². The number of rotatable bonds is 6. The summed E-state index contributed by atoms with van der Waals surface area (Å²) in [5.74, 6) is 0.170. The molecule has 0 spiro atoms. The first-order valence-corrected chi connectivity index (χ1v) is 6.47. The average Bonchev–Trinajstić information content (AvgIpc) is 3.19. The van der Waals surface area contributed by atoms with Gasteiger partial charge in [0.25, 0.3) is 0 Å². The molecule has 0 aliphatic heterocycles. The number of nitrogens with two attached hydrogens (primary N) is 1. The summed E-state index contributed by atoms with van der Waals surface area (Å²) in [7, 11) is 0. The van der Waals surface area contributed by atoms with Gasteiger partial charge in [-0.3, -0.25) is 0 Å². The molecule has 0 amide bonds. The summed E-state index contributed by atoms with van der Waals surface area (Å²) in [4.78, 5) is 0. The highest BCUT2D eigenvalue weighted by Crippen LogP contribution is 2.47. The maximum Gasteiger partial charge on any atom is 0.170 e. The highest BCUT2D eigenvalue weighted by molar-refractivity contribution is 5.98. The van der Waals surface area contributed by atoms with Crippen molar-refractivity contribution in [2.24, 2.45) is 16.3 Å². The molecular weight excluding hydrogens is 226 g/mol. The molecule has 0 radical (unpaired) electrons. The monoisotopic (exact) mass is 247 g/mol. The largest absolute Gasteiger partial charge is 0.409 e. The third-order valence-corrected chi connectivity index (χ3v) is 3.92. The molecule has 1 fully saturated rings. The smallest absolute Gasteiger partial charge is 0.170 e. The molecule has 18 heavy (non-hydrogen) atoms. The fraction of sp³-hybridized carbons (Fsp3) is 0.500. The Bertz CT molecular complexity index is 438. The van der Waals surface area contributed by atoms with E-state index in [-0.39, 0.29) is 5.84 Å². The van der Waals surface area contributed by atoms with Crippen molar-refractivity contribution in [3.8, 4) is 0 Å². The predicted octanol–water partition coefficient (Wildman–Crippen LogP) is 2.06. The molecule has 1 aromatic rings. The van der Waals surface area contributed by atoms with Crippen LogP contribution >= 0.6 is 0 Å². The minimum Gasteiger partial charge on any atom is -0.409 e. The predicted molar refractivity (Wildman–Crippen MR) is 72.6 cm³/mol. The molecule has 1 aromatic carbocycles. The lowest BCUT2D eigenvalue weighted by atomic mass is 10.0. The van der Waals surface area contributed by atoms with Crippen LogP contribution in [0.4, 0.5) is 0 Å². The van der Waals surface area contributed by atoms with Crippen molar-refractivity contribution in [1.82, 2.24) is 5.32 Å². The lowest BCUT2D eigenvalue weighted by Crippen LogP contribution is -2.25. The van der Waals surface area contributed by atoms with Gasteiger partial charge in [-0.1, -0.05) is 36.3 Å². The lowest BCUT2D eigenvalue weighted by Gasteiger charge is -2.14. The van der Waals surface area contributed by atoms with Crippen molar-refractivity contribution in [2.45, 2.75) is 32.7 Å². The number of benzene rings is 1. The summed E-state index contributed by atoms with van der Waals surface area (Å²) in [5, 5.41) is 15.3. The second-order valence-corrected chi connectivity index (χ2v) is 5.10. The number of nitrogens with zero attached hydrogens (tertiary/aromatic N) is 1. The van der Waals surface area contributed by atoms with Crippen molar-refractivity contribution in [2.75, 3.05) is 6.54 Å². The Kier molecular flexibility index (Phi) is 3.87. The highest BCUT2D eigenvalue weighted by Gasteiger charge is 2.39. The molecule has 0 atom stereocenters. The summed E-state index contributed by atoms with van der Waals surface area (Å²) >= 11 is 0. The Morgan fingerprint density at radius 3 is 2.78 bits per heavy atom. The van der Waals surface area contributed by atoms with Crippen LogP contribution in [-0.4, -0.2) is 17.6 Å². The van der Waals surface area contributed by atoms with Gasteiger partial charge in [-0.15, -0.1) is 0 Å². The maximum atomic E-state index is 8.76. The minimum atomic E-state index is 0.170. The fourth-order valence-corrected chi connectivity index (χ4v) is 2.27. The Balaban J connectivity index is 1.97. The zero-order chi connectivity index (χ0) is 13.0. The minimum absolute atomic E-state index is 0.170. The van der Waals surface area contributed by atoms with Crippen LogP contribution in [0.2, 0.25) is 0 Å². The summed E-state index contributed by atoms with van der Waals surface area (Å²) in [6.07, 6.45) is 3.90. The first-order valence-electron chi connectivity index (χ1n) is 6.47. The molecule has 0 bridgehead atoms. The van der Waals surface area contributed by atoms with Crippen molar-refractivity contribution in [1.29, 1.82) is 0 Å². The van der Waals surface area contributed by atoms with E-state index in [4.69, 9.17) is 10.9 Å². The van der Waals surface area contributed by atoms with Crippen molar-refractivity contribution < 1.29 is 5.21 Å². The van der Waals surface area contributed by atoms with Crippen LogP contribution in [0.3, 0.4) is 0 Å². The Labute approximate surface area is 108 Å². The number of hydrogen-bond donors (Lipinski definition) is 3.